The van der Waals surface area contributed by atoms with Gasteiger partial charge in [-0.25, -0.2) is 0 Å². The first-order chi connectivity index (χ1) is 10.0. The topological polar surface area (TPSA) is 46.3 Å². The van der Waals surface area contributed by atoms with Gasteiger partial charge in [0.1, 0.15) is 0 Å². The Morgan fingerprint density at radius 2 is 1.95 bits per heavy atom. The van der Waals surface area contributed by atoms with Crippen LogP contribution in [0.25, 0.3) is 0 Å². The van der Waals surface area contributed by atoms with Gasteiger partial charge in [0.05, 0.1) is 0 Å². The van der Waals surface area contributed by atoms with Crippen molar-refractivity contribution < 1.29 is 4.79 Å². The molecule has 1 aromatic carbocycles. The molecule has 3 nitrogen and oxygen atoms in total. The Balaban J connectivity index is 1.95. The summed E-state index contributed by atoms with van der Waals surface area (Å²) < 4.78 is 0. The first-order valence-electron chi connectivity index (χ1n) is 8.13. The van der Waals surface area contributed by atoms with Crippen molar-refractivity contribution in [3.8, 4) is 0 Å². The van der Waals surface area contributed by atoms with Crippen molar-refractivity contribution in [1.29, 1.82) is 0 Å². The Labute approximate surface area is 128 Å². The molecule has 1 aliphatic heterocycles. The number of carbonyl (C=O) groups is 1. The zero-order chi connectivity index (χ0) is 15.4. The highest BCUT2D eigenvalue weighted by molar-refractivity contribution is 5.78. The average molecular weight is 288 g/mol. The lowest BCUT2D eigenvalue weighted by Gasteiger charge is -2.22. The van der Waals surface area contributed by atoms with Crippen molar-refractivity contribution in [3.63, 3.8) is 0 Å². The molecule has 2 atom stereocenters. The summed E-state index contributed by atoms with van der Waals surface area (Å²) in [4.78, 5) is 14.0. The number of hydrogen-bond donors (Lipinski definition) is 1. The number of hydrogen-bond acceptors (Lipinski definition) is 2. The second-order valence-electron chi connectivity index (χ2n) is 6.61. The highest BCUT2D eigenvalue weighted by Gasteiger charge is 2.32. The lowest BCUT2D eigenvalue weighted by molar-refractivity contribution is -0.128. The van der Waals surface area contributed by atoms with E-state index in [2.05, 4.69) is 45.0 Å². The Hall–Kier alpha value is -1.35. The maximum absolute atomic E-state index is 12.1. The standard InChI is InChI=1S/C18H28N2O/c1-4-5-14-6-8-15(9-7-14)17(19)12-20-11-16(13(2)3)10-18(20)21/h6-9,13,16-17H,4-5,10-12,19H2,1-3H3. The summed E-state index contributed by atoms with van der Waals surface area (Å²) in [6.45, 7) is 8.05. The third-order valence-corrected chi connectivity index (χ3v) is 4.55. The molecule has 0 aromatic heterocycles. The first kappa shape index (κ1) is 16.0. The minimum Gasteiger partial charge on any atom is -0.340 e. The lowest BCUT2D eigenvalue weighted by Crippen LogP contribution is -2.33. The maximum atomic E-state index is 12.1. The molecule has 0 aliphatic carbocycles. The highest BCUT2D eigenvalue weighted by atomic mass is 16.2. The Kier molecular flexibility index (Phi) is 5.40. The monoisotopic (exact) mass is 288 g/mol. The van der Waals surface area contributed by atoms with E-state index in [-0.39, 0.29) is 11.9 Å². The predicted molar refractivity (Wildman–Crippen MR) is 86.9 cm³/mol. The fourth-order valence-corrected chi connectivity index (χ4v) is 2.99. The van der Waals surface area contributed by atoms with Gasteiger partial charge >= 0.3 is 0 Å². The first-order valence-corrected chi connectivity index (χ1v) is 8.13. The van der Waals surface area contributed by atoms with Crippen LogP contribution < -0.4 is 5.73 Å². The molecule has 3 heteroatoms. The second-order valence-corrected chi connectivity index (χ2v) is 6.61. The zero-order valence-electron chi connectivity index (χ0n) is 13.5. The molecule has 1 aliphatic rings. The van der Waals surface area contributed by atoms with Gasteiger partial charge in [0.15, 0.2) is 0 Å². The molecule has 1 heterocycles. The third-order valence-electron chi connectivity index (χ3n) is 4.55. The Bertz CT molecular complexity index is 467. The average Bonchev–Trinajstić information content (AvgIpc) is 2.81. The van der Waals surface area contributed by atoms with Gasteiger partial charge in [-0.05, 0) is 29.4 Å². The van der Waals surface area contributed by atoms with Crippen molar-refractivity contribution in [3.05, 3.63) is 35.4 Å². The van der Waals surface area contributed by atoms with Gasteiger partial charge in [0.25, 0.3) is 0 Å². The predicted octanol–water partition coefficient (Wildman–Crippen LogP) is 3.14. The van der Waals surface area contributed by atoms with Crippen LogP contribution in [0.4, 0.5) is 0 Å². The molecule has 2 unspecified atom stereocenters. The SMILES string of the molecule is CCCc1ccc(C(N)CN2CC(C(C)C)CC2=O)cc1. The molecule has 1 fully saturated rings. The van der Waals surface area contributed by atoms with E-state index in [9.17, 15) is 4.79 Å². The Morgan fingerprint density at radius 3 is 2.48 bits per heavy atom. The number of amides is 1. The van der Waals surface area contributed by atoms with Crippen LogP contribution in [0.5, 0.6) is 0 Å². The number of rotatable bonds is 6. The second kappa shape index (κ2) is 7.08. The van der Waals surface area contributed by atoms with E-state index in [0.29, 0.717) is 24.8 Å². The molecular formula is C18H28N2O. The smallest absolute Gasteiger partial charge is 0.222 e. The zero-order valence-corrected chi connectivity index (χ0v) is 13.5. The molecule has 1 aromatic rings. The van der Waals surface area contributed by atoms with E-state index in [0.717, 1.165) is 24.9 Å². The number of likely N-dealkylation sites (tertiary alicyclic amines) is 1. The van der Waals surface area contributed by atoms with Gasteiger partial charge in [-0.3, -0.25) is 4.79 Å². The van der Waals surface area contributed by atoms with E-state index in [4.69, 9.17) is 5.73 Å². The van der Waals surface area contributed by atoms with Gasteiger partial charge in [0.2, 0.25) is 5.91 Å². The van der Waals surface area contributed by atoms with Crippen molar-refractivity contribution in [2.24, 2.45) is 17.6 Å². The van der Waals surface area contributed by atoms with Crippen LogP contribution in [0.1, 0.15) is 50.8 Å². The van der Waals surface area contributed by atoms with Gasteiger partial charge in [-0.1, -0.05) is 51.5 Å². The van der Waals surface area contributed by atoms with E-state index in [1.54, 1.807) is 0 Å². The minimum absolute atomic E-state index is 0.0875. The molecule has 21 heavy (non-hydrogen) atoms. The third kappa shape index (κ3) is 4.07. The van der Waals surface area contributed by atoms with E-state index >= 15 is 0 Å². The molecule has 0 radical (unpaired) electrons. The van der Waals surface area contributed by atoms with Crippen molar-refractivity contribution in [2.75, 3.05) is 13.1 Å². The van der Waals surface area contributed by atoms with Crippen LogP contribution in [0.2, 0.25) is 0 Å². The summed E-state index contributed by atoms with van der Waals surface area (Å²) in [5.41, 5.74) is 8.76. The van der Waals surface area contributed by atoms with E-state index in [1.807, 2.05) is 4.90 Å². The number of benzene rings is 1. The van der Waals surface area contributed by atoms with Crippen LogP contribution in [0.3, 0.4) is 0 Å². The van der Waals surface area contributed by atoms with Gasteiger partial charge in [0, 0.05) is 25.6 Å². The molecule has 0 bridgehead atoms. The Morgan fingerprint density at radius 1 is 1.29 bits per heavy atom. The molecule has 2 N–H and O–H groups in total. The fraction of sp³-hybridized carbons (Fsp3) is 0.611. The summed E-state index contributed by atoms with van der Waals surface area (Å²) in [6, 6.07) is 8.44. The molecule has 0 spiro atoms. The maximum Gasteiger partial charge on any atom is 0.222 e. The van der Waals surface area contributed by atoms with Gasteiger partial charge in [-0.2, -0.15) is 0 Å². The number of nitrogens with two attached hydrogens (primary N) is 1. The van der Waals surface area contributed by atoms with Crippen LogP contribution >= 0.6 is 0 Å². The van der Waals surface area contributed by atoms with Crippen LogP contribution in [-0.2, 0) is 11.2 Å². The minimum atomic E-state index is -0.0875. The summed E-state index contributed by atoms with van der Waals surface area (Å²) >= 11 is 0. The summed E-state index contributed by atoms with van der Waals surface area (Å²) in [5, 5.41) is 0. The number of nitrogens with zero attached hydrogens (tertiary/aromatic N) is 1. The van der Waals surface area contributed by atoms with Crippen molar-refractivity contribution in [2.45, 2.75) is 46.1 Å². The van der Waals surface area contributed by atoms with Gasteiger partial charge < -0.3 is 10.6 Å². The fourth-order valence-electron chi connectivity index (χ4n) is 2.99. The molecule has 116 valence electrons. The van der Waals surface area contributed by atoms with Crippen LogP contribution in [0, 0.1) is 11.8 Å². The molecule has 1 amide bonds. The van der Waals surface area contributed by atoms with Gasteiger partial charge in [-0.15, -0.1) is 0 Å². The molecular weight excluding hydrogens is 260 g/mol. The summed E-state index contributed by atoms with van der Waals surface area (Å²) in [7, 11) is 0. The van der Waals surface area contributed by atoms with Crippen LogP contribution in [-0.4, -0.2) is 23.9 Å². The lowest BCUT2D eigenvalue weighted by atomic mass is 9.95. The quantitative estimate of drug-likeness (QED) is 0.874. The summed E-state index contributed by atoms with van der Waals surface area (Å²) in [5.74, 6) is 1.30. The molecule has 0 saturated carbocycles. The molecule has 2 rings (SSSR count). The van der Waals surface area contributed by atoms with E-state index < -0.39 is 0 Å². The molecule has 1 saturated heterocycles. The highest BCUT2D eigenvalue weighted by Crippen LogP contribution is 2.26. The van der Waals surface area contributed by atoms with Crippen molar-refractivity contribution >= 4 is 5.91 Å². The normalized spacial score (nSPS) is 20.3. The number of aryl methyl sites for hydroxylation is 1. The van der Waals surface area contributed by atoms with E-state index in [1.165, 1.54) is 5.56 Å². The summed E-state index contributed by atoms with van der Waals surface area (Å²) in [6.07, 6.45) is 2.94. The largest absolute Gasteiger partial charge is 0.340 e. The van der Waals surface area contributed by atoms with Crippen LogP contribution in [0.15, 0.2) is 24.3 Å². The number of carbonyl (C=O) groups excluding carboxylic acids is 1. The van der Waals surface area contributed by atoms with Crippen molar-refractivity contribution in [1.82, 2.24) is 4.90 Å².